The third kappa shape index (κ3) is 3.55. The molecule has 1 amide bonds. The van der Waals surface area contributed by atoms with Gasteiger partial charge in [0.15, 0.2) is 5.82 Å². The molecule has 0 bridgehead atoms. The number of aromatic nitrogens is 2. The van der Waals surface area contributed by atoms with E-state index in [1.807, 2.05) is 0 Å². The van der Waals surface area contributed by atoms with Gasteiger partial charge in [-0.2, -0.15) is 4.98 Å². The van der Waals surface area contributed by atoms with Crippen molar-refractivity contribution in [1.82, 2.24) is 15.0 Å². The lowest BCUT2D eigenvalue weighted by molar-refractivity contribution is 0.0743. The molecular formula is C15H17N3O3. The van der Waals surface area contributed by atoms with Crippen molar-refractivity contribution in [2.75, 3.05) is 19.7 Å². The molecule has 1 heterocycles. The number of nitrogens with zero attached hydrogens (tertiary/aromatic N) is 3. The second-order valence-corrected chi connectivity index (χ2v) is 4.49. The van der Waals surface area contributed by atoms with Crippen molar-refractivity contribution >= 4 is 5.91 Å². The van der Waals surface area contributed by atoms with Gasteiger partial charge in [-0.05, 0) is 31.2 Å². The SMILES string of the molecule is C=CCN(CCO)C(=O)c1ccc(-c2nc(C)no2)cc1. The predicted molar refractivity (Wildman–Crippen MR) is 77.7 cm³/mol. The smallest absolute Gasteiger partial charge is 0.257 e. The molecule has 0 aliphatic heterocycles. The van der Waals surface area contributed by atoms with Gasteiger partial charge in [0.1, 0.15) is 0 Å². The van der Waals surface area contributed by atoms with Gasteiger partial charge in [0.25, 0.3) is 11.8 Å². The summed E-state index contributed by atoms with van der Waals surface area (Å²) in [4.78, 5) is 17.9. The van der Waals surface area contributed by atoms with Crippen LogP contribution in [0.3, 0.4) is 0 Å². The molecule has 1 aromatic heterocycles. The van der Waals surface area contributed by atoms with Crippen LogP contribution in [0.5, 0.6) is 0 Å². The van der Waals surface area contributed by atoms with E-state index in [0.29, 0.717) is 23.8 Å². The third-order valence-corrected chi connectivity index (χ3v) is 2.91. The summed E-state index contributed by atoms with van der Waals surface area (Å²) < 4.78 is 5.07. The van der Waals surface area contributed by atoms with Crippen molar-refractivity contribution < 1.29 is 14.4 Å². The van der Waals surface area contributed by atoms with E-state index >= 15 is 0 Å². The Morgan fingerprint density at radius 2 is 2.14 bits per heavy atom. The third-order valence-electron chi connectivity index (χ3n) is 2.91. The van der Waals surface area contributed by atoms with Crippen molar-refractivity contribution in [2.24, 2.45) is 0 Å². The Hall–Kier alpha value is -2.47. The van der Waals surface area contributed by atoms with E-state index in [4.69, 9.17) is 9.63 Å². The Bertz CT molecular complexity index is 619. The van der Waals surface area contributed by atoms with Gasteiger partial charge >= 0.3 is 0 Å². The molecule has 0 aliphatic carbocycles. The molecule has 2 rings (SSSR count). The fraction of sp³-hybridized carbons (Fsp3) is 0.267. The maximum absolute atomic E-state index is 12.3. The van der Waals surface area contributed by atoms with Gasteiger partial charge < -0.3 is 14.5 Å². The summed E-state index contributed by atoms with van der Waals surface area (Å²) in [6.07, 6.45) is 1.63. The fourth-order valence-electron chi connectivity index (χ4n) is 1.90. The van der Waals surface area contributed by atoms with Gasteiger partial charge in [0, 0.05) is 24.2 Å². The number of hydrogen-bond donors (Lipinski definition) is 1. The molecule has 0 atom stereocenters. The van der Waals surface area contributed by atoms with Crippen LogP contribution in [0.15, 0.2) is 41.4 Å². The number of aliphatic hydroxyl groups is 1. The molecule has 0 fully saturated rings. The molecule has 1 aromatic carbocycles. The number of amides is 1. The lowest BCUT2D eigenvalue weighted by Gasteiger charge is -2.19. The Morgan fingerprint density at radius 1 is 1.43 bits per heavy atom. The number of hydrogen-bond acceptors (Lipinski definition) is 5. The van der Waals surface area contributed by atoms with Crippen LogP contribution in [0.4, 0.5) is 0 Å². The largest absolute Gasteiger partial charge is 0.395 e. The first-order chi connectivity index (χ1) is 10.2. The van der Waals surface area contributed by atoms with Crippen LogP contribution in [0.2, 0.25) is 0 Å². The maximum Gasteiger partial charge on any atom is 0.257 e. The second-order valence-electron chi connectivity index (χ2n) is 4.49. The van der Waals surface area contributed by atoms with Crippen molar-refractivity contribution in [2.45, 2.75) is 6.92 Å². The van der Waals surface area contributed by atoms with Gasteiger partial charge in [-0.15, -0.1) is 6.58 Å². The number of benzene rings is 1. The Morgan fingerprint density at radius 3 is 2.67 bits per heavy atom. The van der Waals surface area contributed by atoms with E-state index in [1.165, 1.54) is 4.90 Å². The van der Waals surface area contributed by atoms with Crippen molar-refractivity contribution in [3.05, 3.63) is 48.3 Å². The van der Waals surface area contributed by atoms with E-state index in [9.17, 15) is 4.79 Å². The molecule has 6 nitrogen and oxygen atoms in total. The number of carbonyl (C=O) groups excluding carboxylic acids is 1. The zero-order valence-corrected chi connectivity index (χ0v) is 11.8. The van der Waals surface area contributed by atoms with Crippen molar-refractivity contribution in [1.29, 1.82) is 0 Å². The molecule has 1 N–H and O–H groups in total. The van der Waals surface area contributed by atoms with Crippen LogP contribution >= 0.6 is 0 Å². The van der Waals surface area contributed by atoms with E-state index in [-0.39, 0.29) is 19.1 Å². The lowest BCUT2D eigenvalue weighted by atomic mass is 10.1. The van der Waals surface area contributed by atoms with Gasteiger partial charge in [0.2, 0.25) is 0 Å². The average molecular weight is 287 g/mol. The minimum atomic E-state index is -0.155. The molecule has 2 aromatic rings. The molecule has 21 heavy (non-hydrogen) atoms. The standard InChI is InChI=1S/C15H17N3O3/c1-3-8-18(9-10-19)15(20)13-6-4-12(5-7-13)14-16-11(2)17-21-14/h3-7,19H,1,8-10H2,2H3. The first-order valence-electron chi connectivity index (χ1n) is 6.57. The number of aliphatic hydroxyl groups excluding tert-OH is 1. The minimum Gasteiger partial charge on any atom is -0.395 e. The molecular weight excluding hydrogens is 270 g/mol. The first-order valence-corrected chi connectivity index (χ1v) is 6.57. The minimum absolute atomic E-state index is 0.0844. The van der Waals surface area contributed by atoms with Crippen LogP contribution < -0.4 is 0 Å². The molecule has 0 radical (unpaired) electrons. The summed E-state index contributed by atoms with van der Waals surface area (Å²) in [6, 6.07) is 6.91. The Balaban J connectivity index is 2.17. The quantitative estimate of drug-likeness (QED) is 0.817. The van der Waals surface area contributed by atoms with Crippen LogP contribution in [0, 0.1) is 6.92 Å². The van der Waals surface area contributed by atoms with Crippen LogP contribution in [0.1, 0.15) is 16.2 Å². The highest BCUT2D eigenvalue weighted by molar-refractivity contribution is 5.94. The molecule has 0 unspecified atom stereocenters. The fourth-order valence-corrected chi connectivity index (χ4v) is 1.90. The van der Waals surface area contributed by atoms with Gasteiger partial charge in [0.05, 0.1) is 6.61 Å². The van der Waals surface area contributed by atoms with Crippen LogP contribution in [-0.2, 0) is 0 Å². The van der Waals surface area contributed by atoms with Crippen molar-refractivity contribution in [3.8, 4) is 11.5 Å². The first kappa shape index (κ1) is 14.9. The molecule has 0 saturated carbocycles. The Labute approximate surface area is 122 Å². The van der Waals surface area contributed by atoms with E-state index in [1.54, 1.807) is 37.3 Å². The van der Waals surface area contributed by atoms with E-state index < -0.39 is 0 Å². The van der Waals surface area contributed by atoms with Gasteiger partial charge in [-0.1, -0.05) is 11.2 Å². The lowest BCUT2D eigenvalue weighted by Crippen LogP contribution is -2.33. The highest BCUT2D eigenvalue weighted by atomic mass is 16.5. The topological polar surface area (TPSA) is 79.5 Å². The summed E-state index contributed by atoms with van der Waals surface area (Å²) in [6.45, 7) is 5.94. The van der Waals surface area contributed by atoms with E-state index in [0.717, 1.165) is 5.56 Å². The molecule has 0 saturated heterocycles. The maximum atomic E-state index is 12.3. The predicted octanol–water partition coefficient (Wildman–Crippen LogP) is 1.67. The monoisotopic (exact) mass is 287 g/mol. The summed E-state index contributed by atoms with van der Waals surface area (Å²) in [7, 11) is 0. The van der Waals surface area contributed by atoms with Gasteiger partial charge in [-0.25, -0.2) is 0 Å². The number of carbonyl (C=O) groups is 1. The number of rotatable bonds is 6. The van der Waals surface area contributed by atoms with Crippen molar-refractivity contribution in [3.63, 3.8) is 0 Å². The highest BCUT2D eigenvalue weighted by Gasteiger charge is 2.14. The zero-order valence-electron chi connectivity index (χ0n) is 11.8. The normalized spacial score (nSPS) is 10.4. The second kappa shape index (κ2) is 6.81. The van der Waals surface area contributed by atoms with Crippen LogP contribution in [0.25, 0.3) is 11.5 Å². The summed E-state index contributed by atoms with van der Waals surface area (Å²) in [5, 5.41) is 12.7. The van der Waals surface area contributed by atoms with Gasteiger partial charge in [-0.3, -0.25) is 4.79 Å². The Kier molecular flexibility index (Phi) is 4.84. The average Bonchev–Trinajstić information content (AvgIpc) is 2.93. The molecule has 6 heteroatoms. The number of aryl methyl sites for hydroxylation is 1. The highest BCUT2D eigenvalue weighted by Crippen LogP contribution is 2.18. The zero-order chi connectivity index (χ0) is 15.2. The summed E-state index contributed by atoms with van der Waals surface area (Å²) in [5.74, 6) is 0.826. The molecule has 0 spiro atoms. The van der Waals surface area contributed by atoms with E-state index in [2.05, 4.69) is 16.7 Å². The summed E-state index contributed by atoms with van der Waals surface area (Å²) >= 11 is 0. The van der Waals surface area contributed by atoms with Crippen LogP contribution in [-0.4, -0.2) is 45.8 Å². The summed E-state index contributed by atoms with van der Waals surface area (Å²) in [5.41, 5.74) is 1.29. The molecule has 110 valence electrons. The molecule has 0 aliphatic rings.